The van der Waals surface area contributed by atoms with Crippen molar-refractivity contribution in [2.75, 3.05) is 13.1 Å². The van der Waals surface area contributed by atoms with Crippen LogP contribution in [0.2, 0.25) is 0 Å². The summed E-state index contributed by atoms with van der Waals surface area (Å²) in [7, 11) is 0. The van der Waals surface area contributed by atoms with Crippen molar-refractivity contribution in [3.05, 3.63) is 108 Å². The SMILES string of the molecule is C=CCN(C[C@H]1C[C@@H](c2ccc(CO)cc2)O[C@@H](c2ccc(-c3ccccc3CNC(=O)CCCCCCC(=O)NO)cc2)O1)C1CCCC1. The van der Waals surface area contributed by atoms with Crippen LogP contribution < -0.4 is 10.8 Å². The average Bonchev–Trinajstić information content (AvgIpc) is 3.70. The first kappa shape index (κ1) is 37.4. The van der Waals surface area contributed by atoms with Crippen LogP contribution in [-0.2, 0) is 32.2 Å². The molecular formula is C41H53N3O6. The Morgan fingerprint density at radius 3 is 2.22 bits per heavy atom. The summed E-state index contributed by atoms with van der Waals surface area (Å²) in [5, 5.41) is 21.2. The van der Waals surface area contributed by atoms with Crippen LogP contribution in [0.4, 0.5) is 0 Å². The Kier molecular flexibility index (Phi) is 14.6. The third-order valence-electron chi connectivity index (χ3n) is 9.93. The van der Waals surface area contributed by atoms with Crippen LogP contribution in [0.1, 0.15) is 105 Å². The van der Waals surface area contributed by atoms with Gasteiger partial charge in [0.1, 0.15) is 0 Å². The minimum atomic E-state index is -0.527. The summed E-state index contributed by atoms with van der Waals surface area (Å²) < 4.78 is 13.3. The lowest BCUT2D eigenvalue weighted by Gasteiger charge is -2.39. The number of benzene rings is 3. The second-order valence-electron chi connectivity index (χ2n) is 13.5. The number of aliphatic hydroxyl groups is 1. The van der Waals surface area contributed by atoms with Crippen LogP contribution in [0, 0.1) is 0 Å². The summed E-state index contributed by atoms with van der Waals surface area (Å²) in [4.78, 5) is 26.2. The van der Waals surface area contributed by atoms with Crippen LogP contribution >= 0.6 is 0 Å². The molecule has 9 heteroatoms. The van der Waals surface area contributed by atoms with Crippen LogP contribution in [-0.4, -0.2) is 52.3 Å². The molecule has 4 N–H and O–H groups in total. The zero-order chi connectivity index (χ0) is 35.1. The molecule has 0 bridgehead atoms. The Bertz CT molecular complexity index is 1510. The van der Waals surface area contributed by atoms with Crippen molar-refractivity contribution >= 4 is 11.8 Å². The molecule has 0 aromatic heterocycles. The van der Waals surface area contributed by atoms with E-state index in [1.807, 2.05) is 36.4 Å². The van der Waals surface area contributed by atoms with Gasteiger partial charge in [-0.3, -0.25) is 19.7 Å². The molecule has 268 valence electrons. The topological polar surface area (TPSA) is 120 Å². The number of unbranched alkanes of at least 4 members (excludes halogenated alkanes) is 3. The fourth-order valence-electron chi connectivity index (χ4n) is 7.14. The van der Waals surface area contributed by atoms with Gasteiger partial charge in [0, 0.05) is 50.5 Å². The normalized spacial score (nSPS) is 19.4. The Balaban J connectivity index is 1.23. The Labute approximate surface area is 296 Å². The van der Waals surface area contributed by atoms with E-state index in [-0.39, 0.29) is 37.0 Å². The number of carbonyl (C=O) groups excluding carboxylic acids is 2. The smallest absolute Gasteiger partial charge is 0.243 e. The number of nitrogens with one attached hydrogen (secondary N) is 2. The van der Waals surface area contributed by atoms with Gasteiger partial charge in [-0.1, -0.05) is 105 Å². The van der Waals surface area contributed by atoms with Gasteiger partial charge in [-0.25, -0.2) is 5.48 Å². The molecule has 5 rings (SSSR count). The van der Waals surface area contributed by atoms with E-state index in [0.29, 0.717) is 25.4 Å². The molecule has 1 saturated heterocycles. The molecule has 3 aromatic carbocycles. The number of hydroxylamine groups is 1. The van der Waals surface area contributed by atoms with E-state index < -0.39 is 6.29 Å². The number of nitrogens with zero attached hydrogens (tertiary/aromatic N) is 1. The largest absolute Gasteiger partial charge is 0.392 e. The third kappa shape index (κ3) is 10.8. The van der Waals surface area contributed by atoms with Crippen LogP contribution in [0.25, 0.3) is 11.1 Å². The zero-order valence-electron chi connectivity index (χ0n) is 29.1. The first-order valence-corrected chi connectivity index (χ1v) is 18.2. The van der Waals surface area contributed by atoms with E-state index in [4.69, 9.17) is 14.7 Å². The van der Waals surface area contributed by atoms with Gasteiger partial charge in [-0.15, -0.1) is 6.58 Å². The van der Waals surface area contributed by atoms with Crippen molar-refractivity contribution in [3.8, 4) is 11.1 Å². The number of hydrogen-bond donors (Lipinski definition) is 4. The summed E-state index contributed by atoms with van der Waals surface area (Å²) >= 11 is 0. The molecule has 1 aliphatic heterocycles. The van der Waals surface area contributed by atoms with Crippen LogP contribution in [0.15, 0.2) is 85.5 Å². The van der Waals surface area contributed by atoms with Gasteiger partial charge in [0.25, 0.3) is 0 Å². The van der Waals surface area contributed by atoms with Crippen molar-refractivity contribution in [2.45, 2.75) is 108 Å². The van der Waals surface area contributed by atoms with Gasteiger partial charge in [0.15, 0.2) is 6.29 Å². The van der Waals surface area contributed by atoms with Crippen molar-refractivity contribution in [1.82, 2.24) is 15.7 Å². The van der Waals surface area contributed by atoms with Crippen LogP contribution in [0.5, 0.6) is 0 Å². The number of ether oxygens (including phenoxy) is 2. The molecule has 0 spiro atoms. The molecule has 0 unspecified atom stereocenters. The maximum absolute atomic E-state index is 12.6. The predicted octanol–water partition coefficient (Wildman–Crippen LogP) is 7.28. The lowest BCUT2D eigenvalue weighted by atomic mass is 9.97. The molecule has 2 aliphatic rings. The standard InChI is InChI=1S/C41H53N3O6/c1-2-25-44(35-12-8-9-13-35)28-36-26-38(32-19-17-30(29-45)18-20-32)50-41(49-36)33-23-21-31(22-24-33)37-14-10-7-11-34(37)27-42-39(46)15-5-3-4-6-16-40(47)43-48/h2,7,10-11,14,17-24,35-36,38,41,45,48H,1,3-6,8-9,12-13,15-16,25-29H2,(H,42,46)(H,43,47)/t36-,38+,41+/m1/s1. The first-order valence-electron chi connectivity index (χ1n) is 18.2. The van der Waals surface area contributed by atoms with Gasteiger partial charge in [-0.2, -0.15) is 0 Å². The molecule has 1 aliphatic carbocycles. The molecule has 50 heavy (non-hydrogen) atoms. The summed E-state index contributed by atoms with van der Waals surface area (Å²) in [6.07, 6.45) is 10.9. The Morgan fingerprint density at radius 2 is 1.54 bits per heavy atom. The van der Waals surface area contributed by atoms with Crippen molar-refractivity contribution in [3.63, 3.8) is 0 Å². The molecule has 3 atom stereocenters. The minimum Gasteiger partial charge on any atom is -0.392 e. The summed E-state index contributed by atoms with van der Waals surface area (Å²) in [5.74, 6) is -0.374. The summed E-state index contributed by atoms with van der Waals surface area (Å²) in [6, 6.07) is 25.0. The second kappa shape index (κ2) is 19.5. The Hall–Kier alpha value is -3.86. The quantitative estimate of drug-likeness (QED) is 0.0481. The molecule has 9 nitrogen and oxygen atoms in total. The van der Waals surface area contributed by atoms with Gasteiger partial charge < -0.3 is 19.9 Å². The highest BCUT2D eigenvalue weighted by atomic mass is 16.7. The molecule has 3 aromatic rings. The highest BCUT2D eigenvalue weighted by molar-refractivity contribution is 5.76. The molecule has 1 heterocycles. The van der Waals surface area contributed by atoms with Gasteiger partial charge in [0.2, 0.25) is 11.8 Å². The number of hydrogen-bond acceptors (Lipinski definition) is 7. The van der Waals surface area contributed by atoms with E-state index in [0.717, 1.165) is 72.2 Å². The molecule has 2 fully saturated rings. The fraction of sp³-hybridized carbons (Fsp3) is 0.463. The maximum atomic E-state index is 12.6. The number of aliphatic hydroxyl groups excluding tert-OH is 1. The van der Waals surface area contributed by atoms with Gasteiger partial charge in [0.05, 0.1) is 18.8 Å². The van der Waals surface area contributed by atoms with E-state index in [1.54, 1.807) is 5.48 Å². The second-order valence-corrected chi connectivity index (χ2v) is 13.5. The number of carbonyl (C=O) groups is 2. The summed E-state index contributed by atoms with van der Waals surface area (Å²) in [6.45, 7) is 6.14. The molecule has 2 amide bonds. The average molecular weight is 684 g/mol. The summed E-state index contributed by atoms with van der Waals surface area (Å²) in [5.41, 5.74) is 7.70. The first-order chi connectivity index (χ1) is 24.5. The number of rotatable bonds is 18. The van der Waals surface area contributed by atoms with Crippen molar-refractivity contribution in [2.24, 2.45) is 0 Å². The highest BCUT2D eigenvalue weighted by Gasteiger charge is 2.34. The van der Waals surface area contributed by atoms with E-state index in [2.05, 4.69) is 59.3 Å². The third-order valence-corrected chi connectivity index (χ3v) is 9.93. The minimum absolute atomic E-state index is 0.00421. The zero-order valence-corrected chi connectivity index (χ0v) is 29.1. The number of amides is 2. The molecular weight excluding hydrogens is 630 g/mol. The molecule has 1 saturated carbocycles. The molecule has 0 radical (unpaired) electrons. The van der Waals surface area contributed by atoms with Gasteiger partial charge >= 0.3 is 0 Å². The van der Waals surface area contributed by atoms with Crippen molar-refractivity contribution < 1.29 is 29.4 Å². The Morgan fingerprint density at radius 1 is 0.860 bits per heavy atom. The van der Waals surface area contributed by atoms with Crippen LogP contribution in [0.3, 0.4) is 0 Å². The van der Waals surface area contributed by atoms with Gasteiger partial charge in [-0.05, 0) is 53.5 Å². The lowest BCUT2D eigenvalue weighted by Crippen LogP contribution is -2.43. The predicted molar refractivity (Wildman–Crippen MR) is 194 cm³/mol. The monoisotopic (exact) mass is 683 g/mol. The van der Waals surface area contributed by atoms with E-state index in [9.17, 15) is 14.7 Å². The fourth-order valence-corrected chi connectivity index (χ4v) is 7.14. The van der Waals surface area contributed by atoms with E-state index >= 15 is 0 Å². The van der Waals surface area contributed by atoms with Crippen molar-refractivity contribution in [1.29, 1.82) is 0 Å². The van der Waals surface area contributed by atoms with E-state index in [1.165, 1.54) is 25.7 Å². The highest BCUT2D eigenvalue weighted by Crippen LogP contribution is 2.39. The lowest BCUT2D eigenvalue weighted by molar-refractivity contribution is -0.253. The maximum Gasteiger partial charge on any atom is 0.243 e.